The highest BCUT2D eigenvalue weighted by molar-refractivity contribution is 6.00. The lowest BCUT2D eigenvalue weighted by Gasteiger charge is -2.47. The number of aliphatic hydroxyl groups is 1. The molecule has 0 aromatic carbocycles. The number of Topliss-reactive ketones (excluding diaryl/α,β-unsaturated/α-hetero) is 1. The minimum absolute atomic E-state index is 0.0499. The maximum atomic E-state index is 14.1. The molecule has 14 heteroatoms. The van der Waals surface area contributed by atoms with E-state index in [-0.39, 0.29) is 30.5 Å². The Morgan fingerprint density at radius 3 is 2.24 bits per heavy atom. The lowest BCUT2D eigenvalue weighted by atomic mass is 9.73. The van der Waals surface area contributed by atoms with Crippen molar-refractivity contribution in [2.75, 3.05) is 14.1 Å². The van der Waals surface area contributed by atoms with Crippen LogP contribution >= 0.6 is 0 Å². The summed E-state index contributed by atoms with van der Waals surface area (Å²) >= 11 is 0. The number of fused-ring (bicyclic) bond motifs is 1. The van der Waals surface area contributed by atoms with Gasteiger partial charge in [-0.15, -0.1) is 0 Å². The second-order valence-electron chi connectivity index (χ2n) is 14.2. The van der Waals surface area contributed by atoms with E-state index >= 15 is 0 Å². The van der Waals surface area contributed by atoms with Crippen molar-refractivity contribution >= 4 is 29.7 Å². The first-order chi connectivity index (χ1) is 21.3. The van der Waals surface area contributed by atoms with E-state index in [0.717, 1.165) is 6.42 Å². The van der Waals surface area contributed by atoms with Crippen LogP contribution in [0.4, 0.5) is 9.59 Å². The summed E-state index contributed by atoms with van der Waals surface area (Å²) in [6, 6.07) is -0.236. The number of nitrogens with zero attached hydrogens (tertiary/aromatic N) is 2. The number of rotatable bonds is 5. The van der Waals surface area contributed by atoms with Crippen LogP contribution in [0, 0.1) is 29.6 Å². The summed E-state index contributed by atoms with van der Waals surface area (Å²) in [7, 11) is 3.73. The Hall–Kier alpha value is -2.97. The van der Waals surface area contributed by atoms with Crippen molar-refractivity contribution in [3.63, 3.8) is 0 Å². The van der Waals surface area contributed by atoms with Crippen LogP contribution in [-0.4, -0.2) is 107 Å². The van der Waals surface area contributed by atoms with E-state index in [9.17, 15) is 29.5 Å². The van der Waals surface area contributed by atoms with Gasteiger partial charge in [0.2, 0.25) is 0 Å². The molecule has 0 spiro atoms. The Morgan fingerprint density at radius 2 is 1.70 bits per heavy atom. The van der Waals surface area contributed by atoms with Crippen molar-refractivity contribution in [2.24, 2.45) is 40.5 Å². The number of likely N-dealkylation sites (N-methyl/N-ethyl adjacent to an activating group) is 1. The zero-order valence-corrected chi connectivity index (χ0v) is 28.7. The maximum absolute atomic E-state index is 14.1. The molecule has 262 valence electrons. The molecule has 1 aliphatic carbocycles. The van der Waals surface area contributed by atoms with Gasteiger partial charge in [0.05, 0.1) is 17.9 Å². The van der Waals surface area contributed by atoms with Gasteiger partial charge < -0.3 is 44.6 Å². The van der Waals surface area contributed by atoms with E-state index in [1.54, 1.807) is 41.5 Å². The molecule has 2 saturated heterocycles. The van der Waals surface area contributed by atoms with Gasteiger partial charge in [-0.2, -0.15) is 0 Å². The van der Waals surface area contributed by atoms with Crippen LogP contribution in [0.15, 0.2) is 5.16 Å². The Labute approximate surface area is 271 Å². The summed E-state index contributed by atoms with van der Waals surface area (Å²) < 4.78 is 29.4. The van der Waals surface area contributed by atoms with E-state index < -0.39 is 89.4 Å². The SMILES string of the molecule is CC[C@H]1OC(=O)[C@H](C)C(=O)[C@H](C)[C@@H](O[C@@H]2C[C@H](C)C[C@H](N(C)C)[C@H]2O)[C@@](C)(OC(N)=O)C[C@@H](C)/C(=N\O)[C@H](C)[C@H]2OC(=O)O[C@@]21C. The number of hydrogen-bond donors (Lipinski definition) is 3. The van der Waals surface area contributed by atoms with E-state index in [1.165, 1.54) is 6.92 Å². The van der Waals surface area contributed by atoms with Gasteiger partial charge in [0.15, 0.2) is 17.5 Å². The predicted octanol–water partition coefficient (Wildman–Crippen LogP) is 3.28. The molecule has 14 nitrogen and oxygen atoms in total. The fourth-order valence-electron chi connectivity index (χ4n) is 7.85. The zero-order chi connectivity index (χ0) is 34.9. The third-order valence-electron chi connectivity index (χ3n) is 10.3. The minimum atomic E-state index is -1.63. The van der Waals surface area contributed by atoms with Crippen molar-refractivity contribution < 1.29 is 53.2 Å². The van der Waals surface area contributed by atoms with Gasteiger partial charge in [-0.05, 0) is 66.5 Å². The number of oxime groups is 1. The van der Waals surface area contributed by atoms with E-state index in [2.05, 4.69) is 5.16 Å². The number of esters is 1. The molecule has 3 rings (SSSR count). The first kappa shape index (κ1) is 37.5. The van der Waals surface area contributed by atoms with Gasteiger partial charge in [-0.1, -0.05) is 39.8 Å². The third kappa shape index (κ3) is 7.44. The number of carbonyl (C=O) groups excluding carboxylic acids is 4. The molecule has 1 amide bonds. The lowest BCUT2D eigenvalue weighted by molar-refractivity contribution is -0.197. The van der Waals surface area contributed by atoms with E-state index in [1.807, 2.05) is 25.9 Å². The summed E-state index contributed by atoms with van der Waals surface area (Å²) in [6.45, 7) is 13.3. The van der Waals surface area contributed by atoms with Crippen molar-refractivity contribution in [1.29, 1.82) is 0 Å². The summed E-state index contributed by atoms with van der Waals surface area (Å²) in [6.07, 6.45) is -5.68. The molecule has 2 heterocycles. The predicted molar refractivity (Wildman–Crippen MR) is 165 cm³/mol. The zero-order valence-electron chi connectivity index (χ0n) is 28.7. The number of cyclic esters (lactones) is 1. The Balaban J connectivity index is 2.19. The molecular weight excluding hydrogens is 602 g/mol. The van der Waals surface area contributed by atoms with Crippen LogP contribution in [0.5, 0.6) is 0 Å². The molecule has 46 heavy (non-hydrogen) atoms. The number of amides is 1. The largest absolute Gasteiger partial charge is 0.509 e. The van der Waals surface area contributed by atoms with E-state index in [0.29, 0.717) is 6.42 Å². The van der Waals surface area contributed by atoms with Crippen LogP contribution in [0.1, 0.15) is 81.1 Å². The maximum Gasteiger partial charge on any atom is 0.509 e. The number of ketones is 1. The summed E-state index contributed by atoms with van der Waals surface area (Å²) in [5.74, 6) is -5.01. The second-order valence-corrected chi connectivity index (χ2v) is 14.2. The van der Waals surface area contributed by atoms with E-state index in [4.69, 9.17) is 29.4 Å². The molecule has 0 bridgehead atoms. The van der Waals surface area contributed by atoms with Crippen LogP contribution in [0.25, 0.3) is 0 Å². The molecule has 3 fully saturated rings. The van der Waals surface area contributed by atoms with Crippen molar-refractivity contribution in [3.05, 3.63) is 0 Å². The third-order valence-corrected chi connectivity index (χ3v) is 10.3. The summed E-state index contributed by atoms with van der Waals surface area (Å²) in [4.78, 5) is 54.5. The summed E-state index contributed by atoms with van der Waals surface area (Å²) in [5, 5.41) is 25.3. The number of ether oxygens (including phenoxy) is 5. The molecular formula is C32H53N3O11. The second kappa shape index (κ2) is 14.4. The smallest absolute Gasteiger partial charge is 0.457 e. The normalized spacial score (nSPS) is 43.7. The molecule has 0 aromatic heterocycles. The summed E-state index contributed by atoms with van der Waals surface area (Å²) in [5.41, 5.74) is 2.66. The molecule has 2 aliphatic heterocycles. The number of primary amides is 1. The van der Waals surface area contributed by atoms with Crippen LogP contribution in [-0.2, 0) is 33.3 Å². The number of aliphatic hydroxyl groups excluding tert-OH is 1. The Kier molecular flexibility index (Phi) is 11.8. The highest BCUT2D eigenvalue weighted by Gasteiger charge is 2.59. The highest BCUT2D eigenvalue weighted by Crippen LogP contribution is 2.42. The van der Waals surface area contributed by atoms with Crippen LogP contribution in [0.3, 0.4) is 0 Å². The molecule has 0 radical (unpaired) electrons. The molecule has 1 saturated carbocycles. The standard InChI is InChI=1S/C32H53N3O11/c1-11-22-32(8)27(44-30(40)46-32)17(4)23(34-41)16(3)14-31(7,45-29(33)39)26(18(5)24(36)19(6)28(38)43-22)42-21-13-15(2)12-20(25(21)37)35(9)10/h15-22,25-27,37,41H,11-14H2,1-10H3,(H2,33,39)/b34-23+/t15-,16-,17+,18+,19-,20+,21-,22-,25-,26-,27-,31+,32-/m1/s1. The lowest BCUT2D eigenvalue weighted by Crippen LogP contribution is -2.59. The van der Waals surface area contributed by atoms with Crippen molar-refractivity contribution in [3.8, 4) is 0 Å². The van der Waals surface area contributed by atoms with Gasteiger partial charge in [-0.25, -0.2) is 9.59 Å². The first-order valence-electron chi connectivity index (χ1n) is 16.1. The average Bonchev–Trinajstić information content (AvgIpc) is 3.28. The fourth-order valence-corrected chi connectivity index (χ4v) is 7.85. The number of carbonyl (C=O) groups is 4. The van der Waals surface area contributed by atoms with Crippen molar-refractivity contribution in [2.45, 2.75) is 129 Å². The van der Waals surface area contributed by atoms with Gasteiger partial charge >= 0.3 is 18.2 Å². The molecule has 13 atom stereocenters. The molecule has 0 unspecified atom stereocenters. The monoisotopic (exact) mass is 655 g/mol. The highest BCUT2D eigenvalue weighted by atomic mass is 16.8. The van der Waals surface area contributed by atoms with Crippen LogP contribution < -0.4 is 5.73 Å². The minimum Gasteiger partial charge on any atom is -0.457 e. The van der Waals surface area contributed by atoms with Gasteiger partial charge in [0.25, 0.3) is 0 Å². The molecule has 4 N–H and O–H groups in total. The fraction of sp³-hybridized carbons (Fsp3) is 0.844. The number of hydrogen-bond acceptors (Lipinski definition) is 13. The quantitative estimate of drug-likeness (QED) is 0.129. The van der Waals surface area contributed by atoms with Crippen LogP contribution in [0.2, 0.25) is 0 Å². The van der Waals surface area contributed by atoms with Crippen molar-refractivity contribution in [1.82, 2.24) is 4.90 Å². The van der Waals surface area contributed by atoms with Gasteiger partial charge in [-0.3, -0.25) is 9.59 Å². The number of nitrogens with two attached hydrogens (primary N) is 1. The Bertz CT molecular complexity index is 1180. The topological polar surface area (TPSA) is 197 Å². The molecule has 0 aromatic rings. The van der Waals surface area contributed by atoms with Gasteiger partial charge in [0, 0.05) is 23.8 Å². The first-order valence-corrected chi connectivity index (χ1v) is 16.1. The molecule has 3 aliphatic rings. The Morgan fingerprint density at radius 1 is 1.07 bits per heavy atom. The van der Waals surface area contributed by atoms with Gasteiger partial charge in [0.1, 0.15) is 23.7 Å². The average molecular weight is 656 g/mol.